The minimum atomic E-state index is -1.71. The molecule has 0 spiro atoms. The van der Waals surface area contributed by atoms with Crippen LogP contribution in [0.2, 0.25) is 0 Å². The number of hydrogen-bond acceptors (Lipinski definition) is 2. The summed E-state index contributed by atoms with van der Waals surface area (Å²) in [6.45, 7) is 6.07. The van der Waals surface area contributed by atoms with Crippen LogP contribution >= 0.6 is 6.57 Å². The van der Waals surface area contributed by atoms with E-state index in [2.05, 4.69) is 16.3 Å². The molecule has 0 aromatic rings. The molecule has 0 aromatic carbocycles. The van der Waals surface area contributed by atoms with E-state index >= 15 is 0 Å². The summed E-state index contributed by atoms with van der Waals surface area (Å²) in [5.41, 5.74) is 0. The monoisotopic (exact) mass is 304 g/mol. The van der Waals surface area contributed by atoms with Gasteiger partial charge in [-0.05, 0) is 18.2 Å². The molecule has 0 saturated carbocycles. The van der Waals surface area contributed by atoms with Crippen LogP contribution < -0.4 is 0 Å². The highest BCUT2D eigenvalue weighted by Crippen LogP contribution is 2.61. The van der Waals surface area contributed by atoms with Gasteiger partial charge in [0, 0.05) is 26.2 Å². The van der Waals surface area contributed by atoms with Crippen molar-refractivity contribution in [3.05, 3.63) is 0 Å². The van der Waals surface area contributed by atoms with Crippen LogP contribution in [0.5, 0.6) is 0 Å². The van der Waals surface area contributed by atoms with E-state index in [-0.39, 0.29) is 0 Å². The number of nitrogens with zero attached hydrogens (tertiary/aromatic N) is 2. The summed E-state index contributed by atoms with van der Waals surface area (Å²) < 4.78 is 10.8. The number of hydrogen-bond donors (Lipinski definition) is 0. The van der Waals surface area contributed by atoms with Crippen molar-refractivity contribution in [2.45, 2.75) is 58.3 Å². The van der Waals surface area contributed by atoms with Gasteiger partial charge in [0.2, 0.25) is 6.57 Å². The largest absolute Gasteiger partial charge is 0.327 e. The lowest BCUT2D eigenvalue weighted by Crippen LogP contribution is -2.08. The minimum absolute atomic E-state index is 0.874. The van der Waals surface area contributed by atoms with Crippen LogP contribution in [-0.2, 0) is 16.3 Å². The van der Waals surface area contributed by atoms with Crippen LogP contribution in [0.1, 0.15) is 58.3 Å². The standard InChI is InChI=1S/C14H29N2OPS/c1-2-3-4-5-6-7-8-9-14-17-18(19,15-10-11-15)16-12-13-16/h2-14H2,1H3. The Labute approximate surface area is 123 Å². The summed E-state index contributed by atoms with van der Waals surface area (Å²) in [5.74, 6) is 0. The molecule has 0 aromatic heterocycles. The molecule has 19 heavy (non-hydrogen) atoms. The van der Waals surface area contributed by atoms with E-state index in [1.54, 1.807) is 0 Å². The molecule has 3 nitrogen and oxygen atoms in total. The maximum atomic E-state index is 6.10. The average Bonchev–Trinajstić information content (AvgIpc) is 3.29. The third kappa shape index (κ3) is 5.43. The van der Waals surface area contributed by atoms with Gasteiger partial charge in [-0.2, -0.15) is 0 Å². The third-order valence-corrected chi connectivity index (χ3v) is 8.27. The highest BCUT2D eigenvalue weighted by atomic mass is 32.5. The lowest BCUT2D eigenvalue weighted by molar-refractivity contribution is 0.306. The molecule has 0 N–H and O–H groups in total. The number of unbranched alkanes of at least 4 members (excludes halogenated alkanes) is 7. The number of rotatable bonds is 12. The van der Waals surface area contributed by atoms with Gasteiger partial charge in [0.05, 0.1) is 6.61 Å². The molecule has 0 unspecified atom stereocenters. The summed E-state index contributed by atoms with van der Waals surface area (Å²) in [6, 6.07) is 0. The summed E-state index contributed by atoms with van der Waals surface area (Å²) in [7, 11) is 0. The maximum Gasteiger partial charge on any atom is 0.203 e. The fraction of sp³-hybridized carbons (Fsp3) is 1.00. The smallest absolute Gasteiger partial charge is 0.203 e. The lowest BCUT2D eigenvalue weighted by atomic mass is 10.1. The van der Waals surface area contributed by atoms with Crippen LogP contribution in [0.3, 0.4) is 0 Å². The highest BCUT2D eigenvalue weighted by molar-refractivity contribution is 8.10. The van der Waals surface area contributed by atoms with Gasteiger partial charge in [-0.15, -0.1) is 0 Å². The zero-order valence-electron chi connectivity index (χ0n) is 12.4. The van der Waals surface area contributed by atoms with Crippen molar-refractivity contribution >= 4 is 18.4 Å². The molecular formula is C14H29N2OPS. The second-order valence-corrected chi connectivity index (χ2v) is 9.50. The Balaban J connectivity index is 1.46. The Kier molecular flexibility index (Phi) is 6.77. The molecule has 0 aliphatic carbocycles. The zero-order chi connectivity index (χ0) is 13.6. The van der Waals surface area contributed by atoms with E-state index in [1.807, 2.05) is 0 Å². The molecule has 2 rings (SSSR count). The van der Waals surface area contributed by atoms with Gasteiger partial charge in [0.1, 0.15) is 0 Å². The molecule has 112 valence electrons. The van der Waals surface area contributed by atoms with Crippen LogP contribution in [0.4, 0.5) is 0 Å². The third-order valence-electron chi connectivity index (χ3n) is 3.82. The topological polar surface area (TPSA) is 15.2 Å². The van der Waals surface area contributed by atoms with E-state index in [0.29, 0.717) is 0 Å². The molecule has 0 radical (unpaired) electrons. The van der Waals surface area contributed by atoms with Crippen LogP contribution in [0.15, 0.2) is 0 Å². The minimum Gasteiger partial charge on any atom is -0.327 e. The summed E-state index contributed by atoms with van der Waals surface area (Å²) in [6.07, 6.45) is 10.8. The van der Waals surface area contributed by atoms with Crippen LogP contribution in [0, 0.1) is 0 Å². The first kappa shape index (κ1) is 15.9. The first-order chi connectivity index (χ1) is 9.27. The Hall–Kier alpha value is 0.530. The molecule has 2 aliphatic heterocycles. The SMILES string of the molecule is CCCCCCCCCCOP(=S)(N1CC1)N1CC1. The first-order valence-corrected chi connectivity index (χ1v) is 10.7. The van der Waals surface area contributed by atoms with Gasteiger partial charge in [-0.3, -0.25) is 0 Å². The fourth-order valence-corrected chi connectivity index (χ4v) is 5.80. The van der Waals surface area contributed by atoms with Gasteiger partial charge < -0.3 is 4.52 Å². The van der Waals surface area contributed by atoms with Crippen molar-refractivity contribution in [3.8, 4) is 0 Å². The first-order valence-electron chi connectivity index (χ1n) is 8.03. The van der Waals surface area contributed by atoms with Crippen molar-refractivity contribution in [2.24, 2.45) is 0 Å². The second-order valence-electron chi connectivity index (χ2n) is 5.71. The predicted octanol–water partition coefficient (Wildman–Crippen LogP) is 4.00. The molecule has 2 aliphatic rings. The van der Waals surface area contributed by atoms with E-state index in [1.165, 1.54) is 51.4 Å². The average molecular weight is 304 g/mol. The molecule has 0 bridgehead atoms. The molecule has 2 saturated heterocycles. The Morgan fingerprint density at radius 2 is 1.32 bits per heavy atom. The van der Waals surface area contributed by atoms with Crippen molar-refractivity contribution in [3.63, 3.8) is 0 Å². The van der Waals surface area contributed by atoms with Gasteiger partial charge in [-0.1, -0.05) is 51.9 Å². The van der Waals surface area contributed by atoms with Crippen LogP contribution in [0.25, 0.3) is 0 Å². The van der Waals surface area contributed by atoms with Gasteiger partial charge in [0.25, 0.3) is 0 Å². The quantitative estimate of drug-likeness (QED) is 0.307. The zero-order valence-corrected chi connectivity index (χ0v) is 14.1. The molecular weight excluding hydrogens is 275 g/mol. The van der Waals surface area contributed by atoms with Crippen LogP contribution in [-0.4, -0.2) is 42.1 Å². The van der Waals surface area contributed by atoms with Gasteiger partial charge in [0.15, 0.2) is 0 Å². The Morgan fingerprint density at radius 1 is 0.842 bits per heavy atom. The Morgan fingerprint density at radius 3 is 1.79 bits per heavy atom. The van der Waals surface area contributed by atoms with Crippen molar-refractivity contribution in [1.29, 1.82) is 0 Å². The lowest BCUT2D eigenvalue weighted by Gasteiger charge is -2.24. The van der Waals surface area contributed by atoms with Crippen molar-refractivity contribution in [1.82, 2.24) is 9.34 Å². The van der Waals surface area contributed by atoms with E-state index < -0.39 is 6.57 Å². The highest BCUT2D eigenvalue weighted by Gasteiger charge is 2.44. The van der Waals surface area contributed by atoms with Crippen molar-refractivity contribution < 1.29 is 4.52 Å². The van der Waals surface area contributed by atoms with E-state index in [9.17, 15) is 0 Å². The second kappa shape index (κ2) is 8.09. The van der Waals surface area contributed by atoms with E-state index in [0.717, 1.165) is 32.8 Å². The fourth-order valence-electron chi connectivity index (χ4n) is 2.36. The van der Waals surface area contributed by atoms with E-state index in [4.69, 9.17) is 16.3 Å². The molecule has 0 atom stereocenters. The maximum absolute atomic E-state index is 6.10. The summed E-state index contributed by atoms with van der Waals surface area (Å²) >= 11 is 5.76. The van der Waals surface area contributed by atoms with Gasteiger partial charge in [-0.25, -0.2) is 9.34 Å². The Bertz CT molecular complexity index is 290. The summed E-state index contributed by atoms with van der Waals surface area (Å²) in [4.78, 5) is 0. The molecule has 5 heteroatoms. The summed E-state index contributed by atoms with van der Waals surface area (Å²) in [5, 5.41) is 0. The predicted molar refractivity (Wildman–Crippen MR) is 86.0 cm³/mol. The molecule has 2 heterocycles. The normalized spacial score (nSPS) is 19.8. The molecule has 2 fully saturated rings. The molecule has 0 amide bonds. The van der Waals surface area contributed by atoms with Crippen molar-refractivity contribution in [2.75, 3.05) is 32.8 Å². The van der Waals surface area contributed by atoms with Gasteiger partial charge >= 0.3 is 0 Å².